The molecule has 0 saturated carbocycles. The number of carboxylic acids is 1. The van der Waals surface area contributed by atoms with E-state index < -0.39 is 29.4 Å². The van der Waals surface area contributed by atoms with E-state index in [1.165, 1.54) is 0 Å². The maximum atomic E-state index is 11.7. The predicted molar refractivity (Wildman–Crippen MR) is 63.7 cm³/mol. The first-order valence-electron chi connectivity index (χ1n) is 5.82. The summed E-state index contributed by atoms with van der Waals surface area (Å²) in [7, 11) is 0. The first-order chi connectivity index (χ1) is 8.34. The zero-order valence-electron chi connectivity index (χ0n) is 10.9. The van der Waals surface area contributed by atoms with Crippen molar-refractivity contribution in [1.29, 1.82) is 0 Å². The summed E-state index contributed by atoms with van der Waals surface area (Å²) in [6, 6.07) is -1.51. The Kier molecular flexibility index (Phi) is 6.32. The van der Waals surface area contributed by atoms with E-state index in [9.17, 15) is 14.4 Å². The highest BCUT2D eigenvalue weighted by molar-refractivity contribution is 6.03. The van der Waals surface area contributed by atoms with E-state index in [2.05, 4.69) is 10.1 Å². The third kappa shape index (κ3) is 3.69. The summed E-state index contributed by atoms with van der Waals surface area (Å²) in [6.45, 7) is 4.95. The maximum Gasteiger partial charge on any atom is 0.332 e. The number of esters is 1. The molecule has 1 atom stereocenters. The van der Waals surface area contributed by atoms with Gasteiger partial charge < -0.3 is 20.9 Å². The molecule has 0 saturated heterocycles. The van der Waals surface area contributed by atoms with Gasteiger partial charge in [0.15, 0.2) is 6.04 Å². The van der Waals surface area contributed by atoms with Crippen LogP contribution in [0.4, 0.5) is 0 Å². The van der Waals surface area contributed by atoms with Crippen LogP contribution in [0.2, 0.25) is 0 Å². The average Bonchev–Trinajstić information content (AvgIpc) is 2.34. The molecule has 0 aliphatic rings. The molecule has 0 aliphatic carbocycles. The second kappa shape index (κ2) is 6.95. The number of ether oxygens (including phenoxy) is 1. The number of carbonyl (C=O) groups is 3. The highest BCUT2D eigenvalue weighted by Crippen LogP contribution is 2.15. The van der Waals surface area contributed by atoms with Crippen LogP contribution in [-0.2, 0) is 19.1 Å². The van der Waals surface area contributed by atoms with Crippen molar-refractivity contribution in [2.75, 3.05) is 6.61 Å². The molecule has 0 bridgehead atoms. The van der Waals surface area contributed by atoms with Crippen LogP contribution in [-0.4, -0.2) is 41.1 Å². The summed E-state index contributed by atoms with van der Waals surface area (Å²) in [4.78, 5) is 34.1. The lowest BCUT2D eigenvalue weighted by Crippen LogP contribution is -2.59. The van der Waals surface area contributed by atoms with Gasteiger partial charge in [-0.05, 0) is 19.8 Å². The normalized spacial score (nSPS) is 12.7. The number of amides is 1. The lowest BCUT2D eigenvalue weighted by Gasteiger charge is -2.28. The second-order valence-corrected chi connectivity index (χ2v) is 3.81. The topological polar surface area (TPSA) is 119 Å². The van der Waals surface area contributed by atoms with Gasteiger partial charge in [-0.15, -0.1) is 0 Å². The first-order valence-corrected chi connectivity index (χ1v) is 5.82. The minimum atomic E-state index is -1.51. The fourth-order valence-corrected chi connectivity index (χ4v) is 1.44. The minimum Gasteiger partial charge on any atom is -0.480 e. The molecule has 0 aliphatic heterocycles. The molecule has 0 aromatic rings. The number of nitrogens with two attached hydrogens (primary N) is 1. The van der Waals surface area contributed by atoms with Gasteiger partial charge in [0.2, 0.25) is 5.91 Å². The van der Waals surface area contributed by atoms with Crippen LogP contribution in [0, 0.1) is 0 Å². The number of carboxylic acid groups (broad SMARTS) is 1. The summed E-state index contributed by atoms with van der Waals surface area (Å²) < 4.78 is 4.59. The minimum absolute atomic E-state index is 0.103. The zero-order chi connectivity index (χ0) is 14.3. The SMILES string of the molecule is CCOC(=O)C(N)C(=O)NC(CC)(CC)C(=O)O. The van der Waals surface area contributed by atoms with E-state index in [1.54, 1.807) is 20.8 Å². The van der Waals surface area contributed by atoms with Crippen LogP contribution < -0.4 is 11.1 Å². The van der Waals surface area contributed by atoms with Gasteiger partial charge >= 0.3 is 11.9 Å². The smallest absolute Gasteiger partial charge is 0.332 e. The third-order valence-corrected chi connectivity index (χ3v) is 2.80. The summed E-state index contributed by atoms with van der Waals surface area (Å²) in [5.74, 6) is -2.88. The molecule has 18 heavy (non-hydrogen) atoms. The van der Waals surface area contributed by atoms with Gasteiger partial charge in [0, 0.05) is 0 Å². The van der Waals surface area contributed by atoms with Crippen LogP contribution in [0.15, 0.2) is 0 Å². The number of rotatable bonds is 7. The quantitative estimate of drug-likeness (QED) is 0.424. The van der Waals surface area contributed by atoms with E-state index >= 15 is 0 Å². The van der Waals surface area contributed by atoms with Crippen LogP contribution >= 0.6 is 0 Å². The van der Waals surface area contributed by atoms with Gasteiger partial charge in [0.05, 0.1) is 6.61 Å². The van der Waals surface area contributed by atoms with Gasteiger partial charge in [-0.2, -0.15) is 0 Å². The van der Waals surface area contributed by atoms with Crippen molar-refractivity contribution in [2.45, 2.75) is 45.2 Å². The summed E-state index contributed by atoms with van der Waals surface area (Å²) >= 11 is 0. The Morgan fingerprint density at radius 2 is 1.78 bits per heavy atom. The number of hydrogen-bond acceptors (Lipinski definition) is 5. The highest BCUT2D eigenvalue weighted by atomic mass is 16.5. The van der Waals surface area contributed by atoms with Gasteiger partial charge in [0.25, 0.3) is 0 Å². The maximum absolute atomic E-state index is 11.7. The molecule has 7 heteroatoms. The largest absolute Gasteiger partial charge is 0.480 e. The van der Waals surface area contributed by atoms with Crippen molar-refractivity contribution in [2.24, 2.45) is 5.73 Å². The van der Waals surface area contributed by atoms with Crippen molar-refractivity contribution >= 4 is 17.8 Å². The van der Waals surface area contributed by atoms with Crippen LogP contribution in [0.5, 0.6) is 0 Å². The van der Waals surface area contributed by atoms with E-state index in [1.807, 2.05) is 0 Å². The molecule has 0 spiro atoms. The fraction of sp³-hybridized carbons (Fsp3) is 0.727. The van der Waals surface area contributed by atoms with Gasteiger partial charge in [-0.25, -0.2) is 9.59 Å². The average molecular weight is 260 g/mol. The van der Waals surface area contributed by atoms with Crippen LogP contribution in [0.25, 0.3) is 0 Å². The van der Waals surface area contributed by atoms with Crippen molar-refractivity contribution in [3.63, 3.8) is 0 Å². The highest BCUT2D eigenvalue weighted by Gasteiger charge is 2.38. The second-order valence-electron chi connectivity index (χ2n) is 3.81. The van der Waals surface area contributed by atoms with E-state index in [0.717, 1.165) is 0 Å². The third-order valence-electron chi connectivity index (χ3n) is 2.80. The van der Waals surface area contributed by atoms with Crippen molar-refractivity contribution in [3.05, 3.63) is 0 Å². The Labute approximate surface area is 106 Å². The molecule has 0 heterocycles. The Bertz CT molecular complexity index is 325. The Morgan fingerprint density at radius 1 is 1.28 bits per heavy atom. The van der Waals surface area contributed by atoms with Gasteiger partial charge in [0.1, 0.15) is 5.54 Å². The molecule has 1 amide bonds. The lowest BCUT2D eigenvalue weighted by atomic mass is 9.92. The molecule has 0 aromatic heterocycles. The number of carbonyl (C=O) groups excluding carboxylic acids is 2. The predicted octanol–water partition coefficient (Wildman–Crippen LogP) is -0.364. The monoisotopic (exact) mass is 260 g/mol. The van der Waals surface area contributed by atoms with Crippen molar-refractivity contribution in [1.82, 2.24) is 5.32 Å². The standard InChI is InChI=1S/C11H20N2O5/c1-4-11(5-2,10(16)17)13-8(14)7(12)9(15)18-6-3/h7H,4-6,12H2,1-3H3,(H,13,14)(H,16,17). The molecule has 7 nitrogen and oxygen atoms in total. The van der Waals surface area contributed by atoms with E-state index in [0.29, 0.717) is 0 Å². The van der Waals surface area contributed by atoms with Crippen molar-refractivity contribution in [3.8, 4) is 0 Å². The molecule has 104 valence electrons. The molecule has 0 radical (unpaired) electrons. The Morgan fingerprint density at radius 3 is 2.11 bits per heavy atom. The van der Waals surface area contributed by atoms with Crippen LogP contribution in [0.3, 0.4) is 0 Å². The summed E-state index contributed by atoms with van der Waals surface area (Å²) in [6.07, 6.45) is 0.389. The Hall–Kier alpha value is -1.63. The van der Waals surface area contributed by atoms with Gasteiger partial charge in [-0.1, -0.05) is 13.8 Å². The summed E-state index contributed by atoms with van der Waals surface area (Å²) in [5.41, 5.74) is 3.98. The lowest BCUT2D eigenvalue weighted by molar-refractivity contribution is -0.152. The number of hydrogen-bond donors (Lipinski definition) is 3. The molecule has 0 fully saturated rings. The van der Waals surface area contributed by atoms with Crippen LogP contribution in [0.1, 0.15) is 33.6 Å². The molecule has 0 rings (SSSR count). The van der Waals surface area contributed by atoms with E-state index in [4.69, 9.17) is 10.8 Å². The fourth-order valence-electron chi connectivity index (χ4n) is 1.44. The summed E-state index contributed by atoms with van der Waals surface area (Å²) in [5, 5.41) is 11.4. The molecule has 0 aromatic carbocycles. The molecular formula is C11H20N2O5. The Balaban J connectivity index is 4.81. The molecule has 1 unspecified atom stereocenters. The van der Waals surface area contributed by atoms with Crippen molar-refractivity contribution < 1.29 is 24.2 Å². The number of nitrogens with one attached hydrogen (secondary N) is 1. The van der Waals surface area contributed by atoms with E-state index in [-0.39, 0.29) is 19.4 Å². The molecule has 4 N–H and O–H groups in total. The molecular weight excluding hydrogens is 240 g/mol. The first kappa shape index (κ1) is 16.4. The number of aliphatic carboxylic acids is 1. The van der Waals surface area contributed by atoms with Gasteiger partial charge in [-0.3, -0.25) is 4.79 Å². The zero-order valence-corrected chi connectivity index (χ0v) is 10.9.